The quantitative estimate of drug-likeness (QED) is 0.876. The van der Waals surface area contributed by atoms with E-state index in [0.717, 1.165) is 32.2 Å². The lowest BCUT2D eigenvalue weighted by Crippen LogP contribution is -2.44. The van der Waals surface area contributed by atoms with Gasteiger partial charge in [-0.25, -0.2) is 4.39 Å². The van der Waals surface area contributed by atoms with Gasteiger partial charge in [0, 0.05) is 12.1 Å². The van der Waals surface area contributed by atoms with Gasteiger partial charge in [0.05, 0.1) is 12.2 Å². The SMILES string of the molecule is CCN(CC(=O)Nc1ccccc1F)C1CCC(N)CC1. The second kappa shape index (κ2) is 7.52. The molecule has 1 aliphatic carbocycles. The summed E-state index contributed by atoms with van der Waals surface area (Å²) >= 11 is 0. The highest BCUT2D eigenvalue weighted by Gasteiger charge is 2.24. The van der Waals surface area contributed by atoms with E-state index in [9.17, 15) is 9.18 Å². The summed E-state index contributed by atoms with van der Waals surface area (Å²) in [6, 6.07) is 6.93. The summed E-state index contributed by atoms with van der Waals surface area (Å²) < 4.78 is 13.5. The zero-order valence-electron chi connectivity index (χ0n) is 12.5. The summed E-state index contributed by atoms with van der Waals surface area (Å²) in [5.74, 6) is -0.575. The van der Waals surface area contributed by atoms with Crippen LogP contribution in [-0.2, 0) is 4.79 Å². The van der Waals surface area contributed by atoms with Gasteiger partial charge in [-0.1, -0.05) is 19.1 Å². The van der Waals surface area contributed by atoms with E-state index in [1.807, 2.05) is 6.92 Å². The van der Waals surface area contributed by atoms with Crippen molar-refractivity contribution < 1.29 is 9.18 Å². The first-order chi connectivity index (χ1) is 10.1. The number of carbonyl (C=O) groups excluding carboxylic acids is 1. The topological polar surface area (TPSA) is 58.4 Å². The van der Waals surface area contributed by atoms with Gasteiger partial charge in [-0.05, 0) is 44.4 Å². The molecule has 1 saturated carbocycles. The van der Waals surface area contributed by atoms with Gasteiger partial charge in [0.15, 0.2) is 0 Å². The molecule has 0 aromatic heterocycles. The molecule has 0 bridgehead atoms. The van der Waals surface area contributed by atoms with Crippen molar-refractivity contribution in [3.63, 3.8) is 0 Å². The highest BCUT2D eigenvalue weighted by atomic mass is 19.1. The van der Waals surface area contributed by atoms with Crippen molar-refractivity contribution in [1.29, 1.82) is 0 Å². The first-order valence-electron chi connectivity index (χ1n) is 7.64. The van der Waals surface area contributed by atoms with E-state index in [-0.39, 0.29) is 11.6 Å². The monoisotopic (exact) mass is 293 g/mol. The van der Waals surface area contributed by atoms with E-state index in [2.05, 4.69) is 10.2 Å². The van der Waals surface area contributed by atoms with Gasteiger partial charge in [0.2, 0.25) is 5.91 Å². The zero-order valence-corrected chi connectivity index (χ0v) is 12.5. The third-order valence-corrected chi connectivity index (χ3v) is 4.16. The molecule has 1 fully saturated rings. The Morgan fingerprint density at radius 1 is 1.33 bits per heavy atom. The number of nitrogens with zero attached hydrogens (tertiary/aromatic N) is 1. The average molecular weight is 293 g/mol. The van der Waals surface area contributed by atoms with E-state index in [0.29, 0.717) is 18.6 Å². The first-order valence-corrected chi connectivity index (χ1v) is 7.64. The Morgan fingerprint density at radius 3 is 2.62 bits per heavy atom. The van der Waals surface area contributed by atoms with E-state index in [1.165, 1.54) is 6.07 Å². The van der Waals surface area contributed by atoms with Crippen LogP contribution in [0, 0.1) is 5.82 Å². The predicted octanol–water partition coefficient (Wildman–Crippen LogP) is 2.36. The van der Waals surface area contributed by atoms with Crippen LogP contribution in [-0.4, -0.2) is 36.0 Å². The van der Waals surface area contributed by atoms with Crippen LogP contribution in [0.4, 0.5) is 10.1 Å². The van der Waals surface area contributed by atoms with Crippen molar-refractivity contribution in [3.05, 3.63) is 30.1 Å². The molecule has 0 radical (unpaired) electrons. The number of anilines is 1. The lowest BCUT2D eigenvalue weighted by Gasteiger charge is -2.34. The number of nitrogens with one attached hydrogen (secondary N) is 1. The van der Waals surface area contributed by atoms with Crippen LogP contribution in [0.25, 0.3) is 0 Å². The second-order valence-electron chi connectivity index (χ2n) is 5.66. The van der Waals surface area contributed by atoms with Gasteiger partial charge in [0.1, 0.15) is 5.82 Å². The number of halogens is 1. The lowest BCUT2D eigenvalue weighted by molar-refractivity contribution is -0.118. The average Bonchev–Trinajstić information content (AvgIpc) is 2.48. The smallest absolute Gasteiger partial charge is 0.238 e. The number of nitrogens with two attached hydrogens (primary N) is 1. The largest absolute Gasteiger partial charge is 0.328 e. The fourth-order valence-electron chi connectivity index (χ4n) is 2.90. The normalized spacial score (nSPS) is 22.3. The minimum atomic E-state index is -0.405. The van der Waals surface area contributed by atoms with Crippen LogP contribution < -0.4 is 11.1 Å². The van der Waals surface area contributed by atoms with Crippen LogP contribution in [0.3, 0.4) is 0 Å². The number of likely N-dealkylation sites (N-methyl/N-ethyl adjacent to an activating group) is 1. The minimum Gasteiger partial charge on any atom is -0.328 e. The summed E-state index contributed by atoms with van der Waals surface area (Å²) in [5.41, 5.74) is 6.16. The number of hydrogen-bond acceptors (Lipinski definition) is 3. The molecule has 1 amide bonds. The van der Waals surface area contributed by atoms with E-state index >= 15 is 0 Å². The van der Waals surface area contributed by atoms with Crippen LogP contribution in [0.1, 0.15) is 32.6 Å². The number of rotatable bonds is 5. The minimum absolute atomic E-state index is 0.170. The molecule has 0 aliphatic heterocycles. The van der Waals surface area contributed by atoms with Crippen LogP contribution in [0.15, 0.2) is 24.3 Å². The van der Waals surface area contributed by atoms with Crippen molar-refractivity contribution in [1.82, 2.24) is 4.90 Å². The summed E-state index contributed by atoms with van der Waals surface area (Å²) in [5, 5.41) is 2.64. The molecule has 0 spiro atoms. The highest BCUT2D eigenvalue weighted by Crippen LogP contribution is 2.22. The van der Waals surface area contributed by atoms with Crippen molar-refractivity contribution in [2.24, 2.45) is 5.73 Å². The molecule has 4 nitrogen and oxygen atoms in total. The van der Waals surface area contributed by atoms with E-state index < -0.39 is 5.82 Å². The summed E-state index contributed by atoms with van der Waals surface area (Å²) in [4.78, 5) is 14.3. The highest BCUT2D eigenvalue weighted by molar-refractivity contribution is 5.92. The summed E-state index contributed by atoms with van der Waals surface area (Å²) in [7, 11) is 0. The molecule has 3 N–H and O–H groups in total. The predicted molar refractivity (Wildman–Crippen MR) is 82.5 cm³/mol. The molecule has 0 heterocycles. The maximum atomic E-state index is 13.5. The Morgan fingerprint density at radius 2 is 2.00 bits per heavy atom. The number of para-hydroxylation sites is 1. The van der Waals surface area contributed by atoms with Crippen molar-refractivity contribution >= 4 is 11.6 Å². The lowest BCUT2D eigenvalue weighted by atomic mass is 9.91. The Kier molecular flexibility index (Phi) is 5.70. The third kappa shape index (κ3) is 4.51. The molecule has 5 heteroatoms. The Labute approximate surface area is 125 Å². The Balaban J connectivity index is 1.89. The van der Waals surface area contributed by atoms with E-state index in [4.69, 9.17) is 5.73 Å². The molecule has 1 aliphatic rings. The number of hydrogen-bond donors (Lipinski definition) is 2. The van der Waals surface area contributed by atoms with Crippen molar-refractivity contribution in [3.8, 4) is 0 Å². The molecule has 2 rings (SSSR count). The molecule has 0 unspecified atom stereocenters. The standard InChI is InChI=1S/C16H24FN3O/c1-2-20(13-9-7-12(18)8-10-13)11-16(21)19-15-6-4-3-5-14(15)17/h3-6,12-13H,2,7-11,18H2,1H3,(H,19,21). The molecule has 0 atom stereocenters. The van der Waals surface area contributed by atoms with Crippen molar-refractivity contribution in [2.75, 3.05) is 18.4 Å². The van der Waals surface area contributed by atoms with E-state index in [1.54, 1.807) is 18.2 Å². The van der Waals surface area contributed by atoms with Crippen LogP contribution in [0.5, 0.6) is 0 Å². The van der Waals surface area contributed by atoms with Gasteiger partial charge in [-0.3, -0.25) is 9.69 Å². The van der Waals surface area contributed by atoms with Gasteiger partial charge in [0.25, 0.3) is 0 Å². The maximum absolute atomic E-state index is 13.5. The molecule has 116 valence electrons. The molecular formula is C16H24FN3O. The maximum Gasteiger partial charge on any atom is 0.238 e. The molecule has 0 saturated heterocycles. The number of carbonyl (C=O) groups is 1. The van der Waals surface area contributed by atoms with Crippen LogP contribution in [0.2, 0.25) is 0 Å². The molecule has 1 aromatic carbocycles. The Hall–Kier alpha value is -1.46. The Bertz CT molecular complexity index is 472. The molecule has 1 aromatic rings. The zero-order chi connectivity index (χ0) is 15.2. The van der Waals surface area contributed by atoms with Crippen LogP contribution >= 0.6 is 0 Å². The van der Waals surface area contributed by atoms with Gasteiger partial charge >= 0.3 is 0 Å². The molecular weight excluding hydrogens is 269 g/mol. The number of amides is 1. The van der Waals surface area contributed by atoms with Gasteiger partial charge in [-0.15, -0.1) is 0 Å². The van der Waals surface area contributed by atoms with Gasteiger partial charge in [-0.2, -0.15) is 0 Å². The third-order valence-electron chi connectivity index (χ3n) is 4.16. The summed E-state index contributed by atoms with van der Waals surface area (Å²) in [6.07, 6.45) is 4.08. The summed E-state index contributed by atoms with van der Waals surface area (Å²) in [6.45, 7) is 3.15. The first kappa shape index (κ1) is 15.9. The number of benzene rings is 1. The fourth-order valence-corrected chi connectivity index (χ4v) is 2.90. The van der Waals surface area contributed by atoms with Crippen molar-refractivity contribution in [2.45, 2.75) is 44.7 Å². The van der Waals surface area contributed by atoms with Gasteiger partial charge < -0.3 is 11.1 Å². The second-order valence-corrected chi connectivity index (χ2v) is 5.66. The fraction of sp³-hybridized carbons (Fsp3) is 0.562. The molecule has 21 heavy (non-hydrogen) atoms.